The number of benzene rings is 2. The van der Waals surface area contributed by atoms with Crippen LogP contribution in [-0.2, 0) is 0 Å². The first kappa shape index (κ1) is 14.5. The van der Waals surface area contributed by atoms with Crippen LogP contribution in [0.4, 0.5) is 10.1 Å². The van der Waals surface area contributed by atoms with Crippen molar-refractivity contribution in [2.24, 2.45) is 5.92 Å². The van der Waals surface area contributed by atoms with E-state index in [0.29, 0.717) is 17.8 Å². The Morgan fingerprint density at radius 2 is 1.87 bits per heavy atom. The second-order valence-corrected chi connectivity index (χ2v) is 6.99. The van der Waals surface area contributed by atoms with Gasteiger partial charge in [-0.25, -0.2) is 4.39 Å². The molecule has 0 saturated carbocycles. The highest BCUT2D eigenvalue weighted by atomic mass is 19.1. The van der Waals surface area contributed by atoms with Gasteiger partial charge in [0.25, 0.3) is 0 Å². The monoisotopic (exact) mass is 307 g/mol. The average Bonchev–Trinajstić information content (AvgIpc) is 3.04. The highest BCUT2D eigenvalue weighted by molar-refractivity contribution is 5.65. The van der Waals surface area contributed by atoms with Crippen molar-refractivity contribution in [2.45, 2.75) is 38.1 Å². The van der Waals surface area contributed by atoms with Gasteiger partial charge in [-0.1, -0.05) is 56.3 Å². The zero-order chi connectivity index (χ0) is 16.0. The maximum absolute atomic E-state index is 13.3. The number of fused-ring (bicyclic) bond motifs is 3. The molecule has 2 aromatic rings. The molecular weight excluding hydrogens is 285 g/mol. The van der Waals surface area contributed by atoms with E-state index >= 15 is 0 Å². The van der Waals surface area contributed by atoms with Crippen LogP contribution in [0.25, 0.3) is 0 Å². The second kappa shape index (κ2) is 5.52. The van der Waals surface area contributed by atoms with Crippen LogP contribution in [0.15, 0.2) is 54.6 Å². The van der Waals surface area contributed by atoms with Gasteiger partial charge in [-0.15, -0.1) is 0 Å². The summed E-state index contributed by atoms with van der Waals surface area (Å²) in [6, 6.07) is 13.9. The Morgan fingerprint density at radius 1 is 1.09 bits per heavy atom. The van der Waals surface area contributed by atoms with Gasteiger partial charge in [0.1, 0.15) is 5.82 Å². The first-order chi connectivity index (χ1) is 11.1. The van der Waals surface area contributed by atoms with E-state index in [9.17, 15) is 4.39 Å². The van der Waals surface area contributed by atoms with E-state index < -0.39 is 0 Å². The van der Waals surface area contributed by atoms with Crippen molar-refractivity contribution in [3.05, 3.63) is 77.1 Å². The first-order valence-corrected chi connectivity index (χ1v) is 8.46. The highest BCUT2D eigenvalue weighted by Gasteiger charge is 2.38. The number of para-hydroxylation sites is 1. The summed E-state index contributed by atoms with van der Waals surface area (Å²) in [4.78, 5) is 0. The minimum absolute atomic E-state index is 0.172. The van der Waals surface area contributed by atoms with Crippen LogP contribution in [0.5, 0.6) is 0 Å². The lowest BCUT2D eigenvalue weighted by Gasteiger charge is -2.39. The van der Waals surface area contributed by atoms with Crippen molar-refractivity contribution < 1.29 is 4.39 Å². The molecule has 1 nitrogen and oxygen atoms in total. The van der Waals surface area contributed by atoms with Crippen LogP contribution in [0.3, 0.4) is 0 Å². The minimum Gasteiger partial charge on any atom is -0.377 e. The quantitative estimate of drug-likeness (QED) is 0.694. The Hall–Kier alpha value is -2.09. The van der Waals surface area contributed by atoms with Crippen LogP contribution < -0.4 is 5.32 Å². The topological polar surface area (TPSA) is 12.0 Å². The van der Waals surface area contributed by atoms with E-state index in [4.69, 9.17) is 0 Å². The van der Waals surface area contributed by atoms with Crippen molar-refractivity contribution in [3.8, 4) is 0 Å². The van der Waals surface area contributed by atoms with Gasteiger partial charge in [-0.3, -0.25) is 0 Å². The molecule has 23 heavy (non-hydrogen) atoms. The van der Waals surface area contributed by atoms with Gasteiger partial charge in [0.2, 0.25) is 0 Å². The number of allylic oxidation sites excluding steroid dienone is 2. The molecule has 0 bridgehead atoms. The fraction of sp³-hybridized carbons (Fsp3) is 0.333. The van der Waals surface area contributed by atoms with Crippen molar-refractivity contribution in [1.82, 2.24) is 0 Å². The van der Waals surface area contributed by atoms with Gasteiger partial charge >= 0.3 is 0 Å². The average molecular weight is 307 g/mol. The predicted molar refractivity (Wildman–Crippen MR) is 93.3 cm³/mol. The first-order valence-electron chi connectivity index (χ1n) is 8.46. The van der Waals surface area contributed by atoms with Crippen molar-refractivity contribution in [1.29, 1.82) is 0 Å². The van der Waals surface area contributed by atoms with E-state index in [2.05, 4.69) is 49.5 Å². The number of rotatable bonds is 2. The summed E-state index contributed by atoms with van der Waals surface area (Å²) in [5.41, 5.74) is 5.24. The zero-order valence-electron chi connectivity index (χ0n) is 13.6. The van der Waals surface area contributed by atoms with Gasteiger partial charge in [0.15, 0.2) is 0 Å². The van der Waals surface area contributed by atoms with Gasteiger partial charge in [-0.05, 0) is 47.1 Å². The number of halogens is 1. The smallest absolute Gasteiger partial charge is 0.123 e. The molecule has 0 amide bonds. The second-order valence-electron chi connectivity index (χ2n) is 6.99. The van der Waals surface area contributed by atoms with Crippen LogP contribution in [0, 0.1) is 11.7 Å². The fourth-order valence-corrected chi connectivity index (χ4v) is 4.13. The van der Waals surface area contributed by atoms with Crippen molar-refractivity contribution in [2.75, 3.05) is 5.32 Å². The van der Waals surface area contributed by atoms with Crippen LogP contribution in [-0.4, -0.2) is 0 Å². The molecule has 4 rings (SSSR count). The lowest BCUT2D eigenvalue weighted by Crippen LogP contribution is -2.29. The molecule has 0 fully saturated rings. The number of hydrogen-bond donors (Lipinski definition) is 1. The molecule has 0 radical (unpaired) electrons. The predicted octanol–water partition coefficient (Wildman–Crippen LogP) is 5.78. The molecular formula is C21H22FN. The number of nitrogens with one attached hydrogen (secondary N) is 1. The lowest BCUT2D eigenvalue weighted by atomic mass is 9.75. The van der Waals surface area contributed by atoms with Crippen LogP contribution in [0.1, 0.15) is 54.8 Å². The summed E-state index contributed by atoms with van der Waals surface area (Å²) >= 11 is 0. The molecule has 1 heterocycles. The molecule has 1 aliphatic heterocycles. The van der Waals surface area contributed by atoms with Gasteiger partial charge < -0.3 is 5.32 Å². The maximum Gasteiger partial charge on any atom is 0.123 e. The van der Waals surface area contributed by atoms with Crippen molar-refractivity contribution in [3.63, 3.8) is 0 Å². The largest absolute Gasteiger partial charge is 0.377 e. The number of hydrogen-bond acceptors (Lipinski definition) is 1. The molecule has 3 atom stereocenters. The summed E-state index contributed by atoms with van der Waals surface area (Å²) in [5.74, 6) is 1.28. The van der Waals surface area contributed by atoms with E-state index in [-0.39, 0.29) is 11.9 Å². The molecule has 118 valence electrons. The SMILES string of the molecule is CC(C)c1cccc2c1N[C@H](c1ccc(F)cc1)[C@H]1CC=C[C@@H]21. The molecule has 2 aliphatic rings. The fourth-order valence-electron chi connectivity index (χ4n) is 4.13. The third kappa shape index (κ3) is 2.37. The summed E-state index contributed by atoms with van der Waals surface area (Å²) < 4.78 is 13.3. The Kier molecular flexibility index (Phi) is 3.48. The van der Waals surface area contributed by atoms with E-state index in [1.54, 1.807) is 12.1 Å². The van der Waals surface area contributed by atoms with E-state index in [1.807, 2.05) is 12.1 Å². The molecule has 0 aromatic heterocycles. The third-order valence-corrected chi connectivity index (χ3v) is 5.28. The van der Waals surface area contributed by atoms with Crippen LogP contribution >= 0.6 is 0 Å². The molecule has 1 aliphatic carbocycles. The molecule has 0 saturated heterocycles. The molecule has 0 spiro atoms. The molecule has 2 aromatic carbocycles. The Morgan fingerprint density at radius 3 is 2.61 bits per heavy atom. The highest BCUT2D eigenvalue weighted by Crippen LogP contribution is 2.51. The van der Waals surface area contributed by atoms with Crippen molar-refractivity contribution >= 4 is 5.69 Å². The van der Waals surface area contributed by atoms with Crippen LogP contribution in [0.2, 0.25) is 0 Å². The van der Waals surface area contributed by atoms with Gasteiger partial charge in [-0.2, -0.15) is 0 Å². The Labute approximate surface area is 137 Å². The standard InChI is InChI=1S/C21H22FN/c1-13(2)16-5-3-8-19-17-6-4-7-18(17)20(23-21(16)19)14-9-11-15(22)12-10-14/h3-6,8-13,17-18,20,23H,7H2,1-2H3/t17-,18+,20-/m1/s1. The van der Waals surface area contributed by atoms with E-state index in [0.717, 1.165) is 6.42 Å². The summed E-state index contributed by atoms with van der Waals surface area (Å²) in [5, 5.41) is 3.79. The van der Waals surface area contributed by atoms with E-state index in [1.165, 1.54) is 22.4 Å². The van der Waals surface area contributed by atoms with Gasteiger partial charge in [0, 0.05) is 11.6 Å². The Bertz CT molecular complexity index is 745. The van der Waals surface area contributed by atoms with Gasteiger partial charge in [0.05, 0.1) is 6.04 Å². The summed E-state index contributed by atoms with van der Waals surface area (Å²) in [7, 11) is 0. The molecule has 2 heteroatoms. The summed E-state index contributed by atoms with van der Waals surface area (Å²) in [6.07, 6.45) is 5.72. The zero-order valence-corrected chi connectivity index (χ0v) is 13.6. The normalized spacial score (nSPS) is 25.1. The number of anilines is 1. The summed E-state index contributed by atoms with van der Waals surface area (Å²) in [6.45, 7) is 4.47. The Balaban J connectivity index is 1.82. The third-order valence-electron chi connectivity index (χ3n) is 5.28. The lowest BCUT2D eigenvalue weighted by molar-refractivity contribution is 0.424. The minimum atomic E-state index is -0.172. The molecule has 1 N–H and O–H groups in total. The molecule has 0 unspecified atom stereocenters. The maximum atomic E-state index is 13.3.